The Labute approximate surface area is 202 Å². The predicted molar refractivity (Wildman–Crippen MR) is 135 cm³/mol. The van der Waals surface area contributed by atoms with Crippen molar-refractivity contribution in [2.24, 2.45) is 5.92 Å². The molecule has 1 saturated heterocycles. The summed E-state index contributed by atoms with van der Waals surface area (Å²) in [5.74, 6) is 0.551. The van der Waals surface area contributed by atoms with E-state index in [1.165, 1.54) is 10.4 Å². The number of piperidine rings is 1. The van der Waals surface area contributed by atoms with Crippen LogP contribution in [0.1, 0.15) is 47.5 Å². The first-order valence-corrected chi connectivity index (χ1v) is 12.3. The van der Waals surface area contributed by atoms with Gasteiger partial charge in [0.1, 0.15) is 17.0 Å². The second kappa shape index (κ2) is 9.65. The quantitative estimate of drug-likeness (QED) is 0.533. The van der Waals surface area contributed by atoms with Gasteiger partial charge in [-0.3, -0.25) is 9.59 Å². The van der Waals surface area contributed by atoms with Gasteiger partial charge in [-0.2, -0.15) is 0 Å². The molecule has 2 amide bonds. The van der Waals surface area contributed by atoms with Crippen molar-refractivity contribution in [3.8, 4) is 0 Å². The average molecular weight is 486 g/mol. The molecule has 33 heavy (non-hydrogen) atoms. The Hall–Kier alpha value is -2.71. The number of hydrogen-bond acceptors (Lipinski definition) is 6. The van der Waals surface area contributed by atoms with Gasteiger partial charge in [-0.05, 0) is 64.3 Å². The molecule has 0 spiro atoms. The number of hydrogen-bond donors (Lipinski definition) is 2. The van der Waals surface area contributed by atoms with Crippen molar-refractivity contribution in [2.45, 2.75) is 46.6 Å². The first-order valence-electron chi connectivity index (χ1n) is 11.1. The standard InChI is InChI=1S/C24H28ClN5O2S/c1-13(2)28-23(32)17-5-6-18(25)19(11-17)29-22(31)16-7-9-30(10-8-16)21-20-14(3)15(4)33-24(20)27-12-26-21/h5-6,11-13,16H,7-10H2,1-4H3,(H,28,32)(H,29,31). The minimum atomic E-state index is -0.194. The van der Waals surface area contributed by atoms with E-state index in [-0.39, 0.29) is 23.8 Å². The molecular formula is C24H28ClN5O2S. The highest BCUT2D eigenvalue weighted by molar-refractivity contribution is 7.18. The first kappa shape index (κ1) is 23.4. The van der Waals surface area contributed by atoms with Gasteiger partial charge < -0.3 is 15.5 Å². The monoisotopic (exact) mass is 485 g/mol. The summed E-state index contributed by atoms with van der Waals surface area (Å²) in [4.78, 5) is 38.8. The van der Waals surface area contributed by atoms with Gasteiger partial charge in [0.2, 0.25) is 5.91 Å². The molecule has 4 rings (SSSR count). The fourth-order valence-corrected chi connectivity index (χ4v) is 5.26. The van der Waals surface area contributed by atoms with Gasteiger partial charge in [-0.15, -0.1) is 11.3 Å². The third kappa shape index (κ3) is 4.96. The Morgan fingerprint density at radius 2 is 1.91 bits per heavy atom. The van der Waals surface area contributed by atoms with Crippen LogP contribution in [0.4, 0.5) is 11.5 Å². The Kier molecular flexibility index (Phi) is 6.86. The topological polar surface area (TPSA) is 87.2 Å². The van der Waals surface area contributed by atoms with Gasteiger partial charge in [-0.25, -0.2) is 9.97 Å². The van der Waals surface area contributed by atoms with Gasteiger partial charge in [0, 0.05) is 35.5 Å². The summed E-state index contributed by atoms with van der Waals surface area (Å²) in [6, 6.07) is 4.95. The van der Waals surface area contributed by atoms with Gasteiger partial charge in [-0.1, -0.05) is 11.6 Å². The minimum absolute atomic E-state index is 0.0225. The summed E-state index contributed by atoms with van der Waals surface area (Å²) in [6.07, 6.45) is 3.05. The number of nitrogens with zero attached hydrogens (tertiary/aromatic N) is 3. The number of aryl methyl sites for hydroxylation is 2. The maximum absolute atomic E-state index is 13.0. The Balaban J connectivity index is 1.43. The summed E-state index contributed by atoms with van der Waals surface area (Å²) in [7, 11) is 0. The van der Waals surface area contributed by atoms with Crippen LogP contribution in [-0.4, -0.2) is 40.9 Å². The maximum Gasteiger partial charge on any atom is 0.251 e. The number of carbonyl (C=O) groups excluding carboxylic acids is 2. The molecule has 174 valence electrons. The van der Waals surface area contributed by atoms with Crippen LogP contribution < -0.4 is 15.5 Å². The van der Waals surface area contributed by atoms with Crippen LogP contribution in [0.25, 0.3) is 10.2 Å². The Morgan fingerprint density at radius 1 is 1.18 bits per heavy atom. The number of benzene rings is 1. The van der Waals surface area contributed by atoms with Crippen LogP contribution in [-0.2, 0) is 4.79 Å². The molecular weight excluding hydrogens is 458 g/mol. The number of anilines is 2. The zero-order valence-corrected chi connectivity index (χ0v) is 20.8. The van der Waals surface area contributed by atoms with Crippen molar-refractivity contribution in [2.75, 3.05) is 23.3 Å². The van der Waals surface area contributed by atoms with Crippen LogP contribution in [0, 0.1) is 19.8 Å². The lowest BCUT2D eigenvalue weighted by Crippen LogP contribution is -2.38. The fraction of sp³-hybridized carbons (Fsp3) is 0.417. The normalized spacial score (nSPS) is 14.7. The van der Waals surface area contributed by atoms with E-state index in [1.807, 2.05) is 13.8 Å². The number of aromatic nitrogens is 2. The van der Waals surface area contributed by atoms with E-state index in [0.29, 0.717) is 29.1 Å². The lowest BCUT2D eigenvalue weighted by molar-refractivity contribution is -0.120. The van der Waals surface area contributed by atoms with Crippen molar-refractivity contribution in [1.82, 2.24) is 15.3 Å². The number of fused-ring (bicyclic) bond motifs is 1. The van der Waals surface area contributed by atoms with Crippen molar-refractivity contribution in [1.29, 1.82) is 0 Å². The van der Waals surface area contributed by atoms with Crippen molar-refractivity contribution < 1.29 is 9.59 Å². The highest BCUT2D eigenvalue weighted by Gasteiger charge is 2.28. The molecule has 0 radical (unpaired) electrons. The molecule has 3 aromatic rings. The molecule has 1 fully saturated rings. The molecule has 2 aromatic heterocycles. The fourth-order valence-electron chi connectivity index (χ4n) is 4.10. The molecule has 2 N–H and O–H groups in total. The van der Waals surface area contributed by atoms with E-state index >= 15 is 0 Å². The van der Waals surface area contributed by atoms with E-state index in [0.717, 1.165) is 29.1 Å². The second-order valence-corrected chi connectivity index (χ2v) is 10.3. The lowest BCUT2D eigenvalue weighted by Gasteiger charge is -2.32. The Morgan fingerprint density at radius 3 is 2.61 bits per heavy atom. The SMILES string of the molecule is Cc1sc2ncnc(N3CCC(C(=O)Nc4cc(C(=O)NC(C)C)ccc4Cl)CC3)c2c1C. The number of rotatable bonds is 5. The third-order valence-electron chi connectivity index (χ3n) is 6.02. The number of amides is 2. The molecule has 1 aliphatic rings. The largest absolute Gasteiger partial charge is 0.356 e. The van der Waals surface area contributed by atoms with Crippen LogP contribution in [0.15, 0.2) is 24.5 Å². The summed E-state index contributed by atoms with van der Waals surface area (Å²) < 4.78 is 0. The highest BCUT2D eigenvalue weighted by Crippen LogP contribution is 2.36. The van der Waals surface area contributed by atoms with E-state index in [4.69, 9.17) is 11.6 Å². The molecule has 0 saturated carbocycles. The molecule has 3 heterocycles. The van der Waals surface area contributed by atoms with Crippen molar-refractivity contribution in [3.05, 3.63) is 45.6 Å². The number of halogens is 1. The van der Waals surface area contributed by atoms with Gasteiger partial charge in [0.25, 0.3) is 5.91 Å². The molecule has 7 nitrogen and oxygen atoms in total. The molecule has 1 aromatic carbocycles. The van der Waals surface area contributed by atoms with Crippen molar-refractivity contribution >= 4 is 56.5 Å². The number of carbonyl (C=O) groups is 2. The highest BCUT2D eigenvalue weighted by atomic mass is 35.5. The second-order valence-electron chi connectivity index (χ2n) is 8.73. The van der Waals surface area contributed by atoms with Crippen LogP contribution in [0.5, 0.6) is 0 Å². The van der Waals surface area contributed by atoms with E-state index in [2.05, 4.69) is 39.3 Å². The smallest absolute Gasteiger partial charge is 0.251 e. The van der Waals surface area contributed by atoms with E-state index in [9.17, 15) is 9.59 Å². The summed E-state index contributed by atoms with van der Waals surface area (Å²) >= 11 is 7.99. The maximum atomic E-state index is 13.0. The Bertz CT molecular complexity index is 1200. The predicted octanol–water partition coefficient (Wildman–Crippen LogP) is 4.95. The van der Waals surface area contributed by atoms with Gasteiger partial charge >= 0.3 is 0 Å². The molecule has 0 unspecified atom stereocenters. The van der Waals surface area contributed by atoms with Crippen LogP contribution in [0.3, 0.4) is 0 Å². The van der Waals surface area contributed by atoms with E-state index < -0.39 is 0 Å². The summed E-state index contributed by atoms with van der Waals surface area (Å²) in [5, 5.41) is 7.31. The third-order valence-corrected chi connectivity index (χ3v) is 7.46. The minimum Gasteiger partial charge on any atom is -0.356 e. The molecule has 1 aliphatic heterocycles. The molecule has 9 heteroatoms. The first-order chi connectivity index (χ1) is 15.7. The summed E-state index contributed by atoms with van der Waals surface area (Å²) in [5.41, 5.74) is 2.15. The lowest BCUT2D eigenvalue weighted by atomic mass is 9.95. The molecule has 0 bridgehead atoms. The zero-order valence-electron chi connectivity index (χ0n) is 19.2. The zero-order chi connectivity index (χ0) is 23.7. The van der Waals surface area contributed by atoms with Gasteiger partial charge in [0.05, 0.1) is 16.1 Å². The van der Waals surface area contributed by atoms with E-state index in [1.54, 1.807) is 35.9 Å². The summed E-state index contributed by atoms with van der Waals surface area (Å²) in [6.45, 7) is 9.49. The van der Waals surface area contributed by atoms with Gasteiger partial charge in [0.15, 0.2) is 0 Å². The molecule has 0 atom stereocenters. The number of thiophene rings is 1. The van der Waals surface area contributed by atoms with Crippen molar-refractivity contribution in [3.63, 3.8) is 0 Å². The number of nitrogens with one attached hydrogen (secondary N) is 2. The van der Waals surface area contributed by atoms with Crippen LogP contribution in [0.2, 0.25) is 5.02 Å². The van der Waals surface area contributed by atoms with Crippen LogP contribution >= 0.6 is 22.9 Å². The molecule has 0 aliphatic carbocycles. The average Bonchev–Trinajstić information content (AvgIpc) is 3.08.